The summed E-state index contributed by atoms with van der Waals surface area (Å²) >= 11 is 0. The second-order valence-corrected chi connectivity index (χ2v) is 5.94. The van der Waals surface area contributed by atoms with Crippen LogP contribution in [0.4, 0.5) is 4.39 Å². The highest BCUT2D eigenvalue weighted by Crippen LogP contribution is 2.21. The van der Waals surface area contributed by atoms with Gasteiger partial charge in [0.05, 0.1) is 0 Å². The summed E-state index contributed by atoms with van der Waals surface area (Å²) in [5.74, 6) is -1.00. The van der Waals surface area contributed by atoms with Gasteiger partial charge in [-0.1, -0.05) is 26.0 Å². The zero-order valence-electron chi connectivity index (χ0n) is 13.3. The molecule has 1 atom stereocenters. The number of nitrogens with zero attached hydrogens (tertiary/aromatic N) is 1. The van der Waals surface area contributed by atoms with E-state index in [9.17, 15) is 14.3 Å². The van der Waals surface area contributed by atoms with E-state index in [2.05, 4.69) is 10.3 Å². The molecule has 1 aromatic carbocycles. The summed E-state index contributed by atoms with van der Waals surface area (Å²) in [7, 11) is 0. The third kappa shape index (κ3) is 4.86. The molecule has 5 heteroatoms. The van der Waals surface area contributed by atoms with Gasteiger partial charge in [0, 0.05) is 24.5 Å². The van der Waals surface area contributed by atoms with Crippen molar-refractivity contribution in [2.75, 3.05) is 0 Å². The van der Waals surface area contributed by atoms with Crippen LogP contribution in [0.1, 0.15) is 25.8 Å². The molecule has 2 rings (SSSR count). The Morgan fingerprint density at radius 1 is 1.22 bits per heavy atom. The Kier molecular flexibility index (Phi) is 5.82. The maximum Gasteiger partial charge on any atom is 0.320 e. The van der Waals surface area contributed by atoms with E-state index in [0.717, 1.165) is 11.1 Å². The Balaban J connectivity index is 2.08. The molecular weight excluding hydrogens is 295 g/mol. The fourth-order valence-corrected chi connectivity index (χ4v) is 2.39. The summed E-state index contributed by atoms with van der Waals surface area (Å²) in [6, 6.07) is 7.94. The van der Waals surface area contributed by atoms with Crippen LogP contribution in [-0.4, -0.2) is 22.1 Å². The summed E-state index contributed by atoms with van der Waals surface area (Å²) in [6.07, 6.45) is 3.82. The molecule has 0 radical (unpaired) electrons. The van der Waals surface area contributed by atoms with Crippen molar-refractivity contribution in [1.29, 1.82) is 0 Å². The molecule has 2 N–H and O–H groups in total. The van der Waals surface area contributed by atoms with Crippen LogP contribution >= 0.6 is 0 Å². The van der Waals surface area contributed by atoms with Gasteiger partial charge in [-0.25, -0.2) is 4.39 Å². The SMILES string of the molecule is CC(C)C[C@@H](NCc1ccc(-c2ccncc2)cc1F)C(=O)O. The second kappa shape index (κ2) is 7.83. The summed E-state index contributed by atoms with van der Waals surface area (Å²) in [6.45, 7) is 4.11. The Morgan fingerprint density at radius 3 is 2.48 bits per heavy atom. The van der Waals surface area contributed by atoms with E-state index >= 15 is 0 Å². The van der Waals surface area contributed by atoms with Crippen LogP contribution in [0.3, 0.4) is 0 Å². The lowest BCUT2D eigenvalue weighted by atomic mass is 10.0. The number of hydrogen-bond acceptors (Lipinski definition) is 3. The highest BCUT2D eigenvalue weighted by atomic mass is 19.1. The fourth-order valence-electron chi connectivity index (χ4n) is 2.39. The molecule has 122 valence electrons. The van der Waals surface area contributed by atoms with Crippen molar-refractivity contribution in [3.8, 4) is 11.1 Å². The Morgan fingerprint density at radius 2 is 1.91 bits per heavy atom. The van der Waals surface area contributed by atoms with Crippen molar-refractivity contribution in [1.82, 2.24) is 10.3 Å². The van der Waals surface area contributed by atoms with Gasteiger partial charge in [-0.05, 0) is 41.7 Å². The zero-order valence-corrected chi connectivity index (χ0v) is 13.3. The minimum atomic E-state index is -0.910. The van der Waals surface area contributed by atoms with E-state index in [1.54, 1.807) is 18.5 Å². The maximum absolute atomic E-state index is 14.2. The van der Waals surface area contributed by atoms with Gasteiger partial charge >= 0.3 is 5.97 Å². The lowest BCUT2D eigenvalue weighted by Gasteiger charge is -2.17. The van der Waals surface area contributed by atoms with Crippen LogP contribution in [0.2, 0.25) is 0 Å². The predicted octanol–water partition coefficient (Wildman–Crippen LogP) is 3.48. The summed E-state index contributed by atoms with van der Waals surface area (Å²) < 4.78 is 14.2. The van der Waals surface area contributed by atoms with E-state index in [0.29, 0.717) is 12.0 Å². The highest BCUT2D eigenvalue weighted by Gasteiger charge is 2.18. The molecule has 0 amide bonds. The normalized spacial score (nSPS) is 12.3. The standard InChI is InChI=1S/C18H21FN2O2/c1-12(2)9-17(18(22)23)21-11-15-4-3-14(10-16(15)19)13-5-7-20-8-6-13/h3-8,10,12,17,21H,9,11H2,1-2H3,(H,22,23)/t17-/m1/s1. The lowest BCUT2D eigenvalue weighted by molar-refractivity contribution is -0.140. The molecule has 1 heterocycles. The van der Waals surface area contributed by atoms with Gasteiger partial charge in [0.2, 0.25) is 0 Å². The number of pyridine rings is 1. The molecule has 23 heavy (non-hydrogen) atoms. The third-order valence-electron chi connectivity index (χ3n) is 3.61. The highest BCUT2D eigenvalue weighted by molar-refractivity contribution is 5.73. The number of rotatable bonds is 7. The molecule has 0 saturated carbocycles. The van der Waals surface area contributed by atoms with Crippen LogP contribution in [0.25, 0.3) is 11.1 Å². The molecule has 0 unspecified atom stereocenters. The molecule has 0 fully saturated rings. The fraction of sp³-hybridized carbons (Fsp3) is 0.333. The van der Waals surface area contributed by atoms with Gasteiger partial charge in [-0.2, -0.15) is 0 Å². The lowest BCUT2D eigenvalue weighted by Crippen LogP contribution is -2.37. The quantitative estimate of drug-likeness (QED) is 0.821. The second-order valence-electron chi connectivity index (χ2n) is 5.94. The minimum Gasteiger partial charge on any atom is -0.480 e. The minimum absolute atomic E-state index is 0.187. The van der Waals surface area contributed by atoms with Crippen molar-refractivity contribution in [3.05, 3.63) is 54.1 Å². The van der Waals surface area contributed by atoms with Crippen LogP contribution in [0.5, 0.6) is 0 Å². The first-order chi connectivity index (χ1) is 11.0. The summed E-state index contributed by atoms with van der Waals surface area (Å²) in [5, 5.41) is 12.1. The molecule has 0 saturated heterocycles. The average Bonchev–Trinajstić information content (AvgIpc) is 2.52. The molecule has 2 aromatic rings. The topological polar surface area (TPSA) is 62.2 Å². The third-order valence-corrected chi connectivity index (χ3v) is 3.61. The van der Waals surface area contributed by atoms with Gasteiger partial charge in [0.15, 0.2) is 0 Å². The largest absolute Gasteiger partial charge is 0.480 e. The number of nitrogens with one attached hydrogen (secondary N) is 1. The molecule has 4 nitrogen and oxygen atoms in total. The van der Waals surface area contributed by atoms with Gasteiger partial charge in [-0.3, -0.25) is 9.78 Å². The molecule has 0 aliphatic carbocycles. The average molecular weight is 316 g/mol. The number of carboxylic acids is 1. The first-order valence-corrected chi connectivity index (χ1v) is 7.62. The van der Waals surface area contributed by atoms with Crippen molar-refractivity contribution >= 4 is 5.97 Å². The zero-order chi connectivity index (χ0) is 16.8. The van der Waals surface area contributed by atoms with Crippen molar-refractivity contribution in [2.45, 2.75) is 32.9 Å². The smallest absolute Gasteiger partial charge is 0.320 e. The first-order valence-electron chi connectivity index (χ1n) is 7.62. The van der Waals surface area contributed by atoms with E-state index in [1.807, 2.05) is 32.0 Å². The number of aromatic nitrogens is 1. The number of carbonyl (C=O) groups is 1. The molecule has 0 aliphatic heterocycles. The monoisotopic (exact) mass is 316 g/mol. The molecular formula is C18H21FN2O2. The Bertz CT molecular complexity index is 659. The van der Waals surface area contributed by atoms with Crippen LogP contribution in [0, 0.1) is 11.7 Å². The number of benzene rings is 1. The number of hydrogen-bond donors (Lipinski definition) is 2. The van der Waals surface area contributed by atoms with E-state index in [1.165, 1.54) is 6.07 Å². The van der Waals surface area contributed by atoms with E-state index in [4.69, 9.17) is 0 Å². The van der Waals surface area contributed by atoms with E-state index in [-0.39, 0.29) is 18.3 Å². The predicted molar refractivity (Wildman–Crippen MR) is 87.3 cm³/mol. The van der Waals surface area contributed by atoms with Crippen molar-refractivity contribution < 1.29 is 14.3 Å². The molecule has 0 aliphatic rings. The van der Waals surface area contributed by atoms with Gasteiger partial charge in [-0.15, -0.1) is 0 Å². The van der Waals surface area contributed by atoms with Crippen molar-refractivity contribution in [2.24, 2.45) is 5.92 Å². The summed E-state index contributed by atoms with van der Waals surface area (Å²) in [5.41, 5.74) is 2.12. The molecule has 0 bridgehead atoms. The molecule has 1 aromatic heterocycles. The van der Waals surface area contributed by atoms with Crippen LogP contribution in [0.15, 0.2) is 42.7 Å². The maximum atomic E-state index is 14.2. The van der Waals surface area contributed by atoms with Gasteiger partial charge in [0.1, 0.15) is 11.9 Å². The number of aliphatic carboxylic acids is 1. The molecule has 0 spiro atoms. The Labute approximate surface area is 135 Å². The van der Waals surface area contributed by atoms with Gasteiger partial charge < -0.3 is 10.4 Å². The number of carboxylic acid groups (broad SMARTS) is 1. The van der Waals surface area contributed by atoms with Crippen LogP contribution < -0.4 is 5.32 Å². The van der Waals surface area contributed by atoms with E-state index < -0.39 is 12.0 Å². The van der Waals surface area contributed by atoms with Crippen LogP contribution in [-0.2, 0) is 11.3 Å². The van der Waals surface area contributed by atoms with Gasteiger partial charge in [0.25, 0.3) is 0 Å². The Hall–Kier alpha value is -2.27. The first kappa shape index (κ1) is 17.1. The van der Waals surface area contributed by atoms with Crippen molar-refractivity contribution in [3.63, 3.8) is 0 Å². The number of halogens is 1. The summed E-state index contributed by atoms with van der Waals surface area (Å²) in [4.78, 5) is 15.2.